The van der Waals surface area contributed by atoms with Gasteiger partial charge >= 0.3 is 11.9 Å². The zero-order chi connectivity index (χ0) is 54.8. The predicted octanol–water partition coefficient (Wildman–Crippen LogP) is 15.4. The first kappa shape index (κ1) is 69.7. The van der Waals surface area contributed by atoms with E-state index in [1.54, 1.807) is 0 Å². The highest BCUT2D eigenvalue weighted by molar-refractivity contribution is 5.70. The number of nitrogens with zero attached hydrogens (tertiary/aromatic N) is 1. The Hall–Kier alpha value is -5.35. The Balaban J connectivity index is 4.37. The van der Waals surface area contributed by atoms with Gasteiger partial charge < -0.3 is 33.3 Å². The van der Waals surface area contributed by atoms with E-state index in [1.807, 2.05) is 21.1 Å². The van der Waals surface area contributed by atoms with E-state index in [0.29, 0.717) is 23.9 Å². The van der Waals surface area contributed by atoms with Crippen LogP contribution in [0.5, 0.6) is 0 Å². The van der Waals surface area contributed by atoms with Crippen LogP contribution in [0.1, 0.15) is 168 Å². The van der Waals surface area contributed by atoms with Crippen LogP contribution in [-0.4, -0.2) is 82.3 Å². The standard InChI is InChI=1S/C66H101NO8/c1-6-8-10-12-14-16-18-20-22-23-24-25-26-27-28-29-30-31-32-33-34-35-36-37-38-39-40-41-43-45-47-49-51-53-55-57-64(69)75-62(61-74-66(65(70)71)72-59-58-67(3,4)5)60-73-63(68)56-54-52-50-48-46-44-42-21-19-17-15-13-11-9-7-2/h8-11,14-17,20-22,24-25,27-28,30-31,33-34,36-37,39-40,42-43,45-46,48,62,66H,6-7,12-13,18-19,23,26,29,32,35,38,41,44,47,49-61H2,1-5H3/b10-8-,11-9-,16-14-,17-15-,22-20-,25-24-,28-27-,31-30-,34-33-,37-36-,40-39-,42-21-,45-43-,48-46-. The first-order chi connectivity index (χ1) is 36.6. The predicted molar refractivity (Wildman–Crippen MR) is 315 cm³/mol. The molecule has 0 saturated heterocycles. The van der Waals surface area contributed by atoms with E-state index in [9.17, 15) is 19.5 Å². The average Bonchev–Trinajstić information content (AvgIpc) is 3.38. The summed E-state index contributed by atoms with van der Waals surface area (Å²) in [7, 11) is 5.88. The summed E-state index contributed by atoms with van der Waals surface area (Å²) < 4.78 is 22.5. The highest BCUT2D eigenvalue weighted by Gasteiger charge is 2.21. The number of unbranched alkanes of at least 4 members (excludes halogenated alkanes) is 6. The minimum Gasteiger partial charge on any atom is -0.545 e. The maximum atomic E-state index is 12.8. The summed E-state index contributed by atoms with van der Waals surface area (Å²) in [5.74, 6) is -2.40. The summed E-state index contributed by atoms with van der Waals surface area (Å²) in [5.41, 5.74) is 0. The number of carboxylic acids is 1. The highest BCUT2D eigenvalue weighted by atomic mass is 16.7. The zero-order valence-corrected chi connectivity index (χ0v) is 47.3. The molecule has 0 fully saturated rings. The summed E-state index contributed by atoms with van der Waals surface area (Å²) >= 11 is 0. The zero-order valence-electron chi connectivity index (χ0n) is 47.3. The van der Waals surface area contributed by atoms with Crippen molar-refractivity contribution < 1.29 is 42.9 Å². The molecule has 0 spiro atoms. The van der Waals surface area contributed by atoms with Crippen LogP contribution in [0.15, 0.2) is 170 Å². The fourth-order valence-electron chi connectivity index (χ4n) is 6.67. The maximum Gasteiger partial charge on any atom is 0.306 e. The van der Waals surface area contributed by atoms with Crippen molar-refractivity contribution in [2.24, 2.45) is 0 Å². The van der Waals surface area contributed by atoms with E-state index >= 15 is 0 Å². The second-order valence-corrected chi connectivity index (χ2v) is 19.1. The van der Waals surface area contributed by atoms with E-state index in [1.165, 1.54) is 0 Å². The second kappa shape index (κ2) is 54.9. The van der Waals surface area contributed by atoms with Gasteiger partial charge in [-0.3, -0.25) is 9.59 Å². The van der Waals surface area contributed by atoms with E-state index in [-0.39, 0.29) is 32.7 Å². The minimum atomic E-state index is -1.65. The van der Waals surface area contributed by atoms with Gasteiger partial charge in [-0.25, -0.2) is 0 Å². The molecule has 0 bridgehead atoms. The molecule has 0 aliphatic carbocycles. The molecule has 2 atom stereocenters. The van der Waals surface area contributed by atoms with Crippen LogP contribution < -0.4 is 5.11 Å². The Morgan fingerprint density at radius 2 is 0.720 bits per heavy atom. The lowest BCUT2D eigenvalue weighted by Gasteiger charge is -2.26. The van der Waals surface area contributed by atoms with Crippen molar-refractivity contribution in [2.75, 3.05) is 47.5 Å². The molecule has 0 rings (SSSR count). The number of hydrogen-bond donors (Lipinski definition) is 0. The van der Waals surface area contributed by atoms with Gasteiger partial charge in [0.25, 0.3) is 0 Å². The number of esters is 2. The Morgan fingerprint density at radius 3 is 1.08 bits per heavy atom. The molecule has 9 nitrogen and oxygen atoms in total. The normalized spacial score (nSPS) is 14.1. The molecule has 0 aliphatic rings. The maximum absolute atomic E-state index is 12.8. The summed E-state index contributed by atoms with van der Waals surface area (Å²) in [6.45, 7) is 4.39. The number of quaternary nitrogens is 1. The molecule has 75 heavy (non-hydrogen) atoms. The second-order valence-electron chi connectivity index (χ2n) is 19.1. The number of carbonyl (C=O) groups is 3. The molecule has 0 aromatic carbocycles. The van der Waals surface area contributed by atoms with E-state index < -0.39 is 30.3 Å². The van der Waals surface area contributed by atoms with Gasteiger partial charge in [0.05, 0.1) is 40.3 Å². The largest absolute Gasteiger partial charge is 0.545 e. The van der Waals surface area contributed by atoms with Gasteiger partial charge in [0.1, 0.15) is 13.2 Å². The monoisotopic (exact) mass is 1040 g/mol. The Labute approximate surface area is 457 Å². The van der Waals surface area contributed by atoms with Gasteiger partial charge in [-0.1, -0.05) is 197 Å². The number of allylic oxidation sites excluding steroid dienone is 28. The van der Waals surface area contributed by atoms with Crippen molar-refractivity contribution in [3.63, 3.8) is 0 Å². The number of hydrogen-bond acceptors (Lipinski definition) is 8. The third kappa shape index (κ3) is 56.2. The van der Waals surface area contributed by atoms with E-state index in [4.69, 9.17) is 18.9 Å². The first-order valence-electron chi connectivity index (χ1n) is 28.3. The SMILES string of the molecule is CC/C=C\C/C=C\C/C=C\C/C=C\C/C=C\C/C=C\C/C=C\C/C=C\C/C=C\C/C=C\CCCCCCC(=O)OC(COC(=O)CCCC/C=C\C/C=C\C/C=C\C/C=C\CC)COC(OCC[N+](C)(C)C)C(=O)[O-]. The van der Waals surface area contributed by atoms with Crippen molar-refractivity contribution >= 4 is 17.9 Å². The fourth-order valence-corrected chi connectivity index (χ4v) is 6.67. The van der Waals surface area contributed by atoms with Crippen molar-refractivity contribution in [3.8, 4) is 0 Å². The van der Waals surface area contributed by atoms with Crippen LogP contribution in [0.3, 0.4) is 0 Å². The molecular formula is C66H101NO8. The lowest BCUT2D eigenvalue weighted by Crippen LogP contribution is -2.44. The van der Waals surface area contributed by atoms with E-state index in [0.717, 1.165) is 128 Å². The molecule has 2 unspecified atom stereocenters. The highest BCUT2D eigenvalue weighted by Crippen LogP contribution is 2.11. The number of carboxylic acid groups (broad SMARTS) is 1. The number of rotatable bonds is 49. The lowest BCUT2D eigenvalue weighted by molar-refractivity contribution is -0.870. The Bertz CT molecular complexity index is 1830. The summed E-state index contributed by atoms with van der Waals surface area (Å²) in [5, 5.41) is 11.8. The molecule has 9 heteroatoms. The quantitative estimate of drug-likeness (QED) is 0.0195. The van der Waals surface area contributed by atoms with Gasteiger partial charge in [-0.05, 0) is 128 Å². The van der Waals surface area contributed by atoms with E-state index in [2.05, 4.69) is 184 Å². The third-order valence-electron chi connectivity index (χ3n) is 11.0. The van der Waals surface area contributed by atoms with Crippen LogP contribution in [0.25, 0.3) is 0 Å². The van der Waals surface area contributed by atoms with Crippen LogP contribution >= 0.6 is 0 Å². The molecule has 0 aromatic rings. The fraction of sp³-hybridized carbons (Fsp3) is 0.530. The Morgan fingerprint density at radius 1 is 0.400 bits per heavy atom. The smallest absolute Gasteiger partial charge is 0.306 e. The van der Waals surface area contributed by atoms with Crippen LogP contribution in [0, 0.1) is 0 Å². The molecule has 418 valence electrons. The minimum absolute atomic E-state index is 0.125. The average molecular weight is 1040 g/mol. The number of carbonyl (C=O) groups excluding carboxylic acids is 3. The molecule has 0 heterocycles. The first-order valence-corrected chi connectivity index (χ1v) is 28.3. The topological polar surface area (TPSA) is 111 Å². The molecule has 0 radical (unpaired) electrons. The van der Waals surface area contributed by atoms with Gasteiger partial charge in [0.15, 0.2) is 12.4 Å². The third-order valence-corrected chi connectivity index (χ3v) is 11.0. The van der Waals surface area contributed by atoms with Crippen LogP contribution in [0.2, 0.25) is 0 Å². The Kier molecular flexibility index (Phi) is 51.0. The summed E-state index contributed by atoms with van der Waals surface area (Å²) in [4.78, 5) is 37.2. The van der Waals surface area contributed by atoms with Crippen molar-refractivity contribution in [1.82, 2.24) is 0 Å². The van der Waals surface area contributed by atoms with Crippen molar-refractivity contribution in [1.29, 1.82) is 0 Å². The molecule has 0 aromatic heterocycles. The molecule has 0 N–H and O–H groups in total. The van der Waals surface area contributed by atoms with Crippen LogP contribution in [-0.2, 0) is 33.3 Å². The number of likely N-dealkylation sites (N-methyl/N-ethyl adjacent to an activating group) is 1. The molecule has 0 aliphatic heterocycles. The molecular weight excluding hydrogens is 935 g/mol. The van der Waals surface area contributed by atoms with Gasteiger partial charge in [-0.2, -0.15) is 0 Å². The van der Waals surface area contributed by atoms with Gasteiger partial charge in [0.2, 0.25) is 0 Å². The molecule has 0 amide bonds. The number of ether oxygens (including phenoxy) is 4. The summed E-state index contributed by atoms with van der Waals surface area (Å²) in [6, 6.07) is 0. The number of aliphatic carboxylic acids is 1. The molecule has 0 saturated carbocycles. The van der Waals surface area contributed by atoms with Crippen LogP contribution in [0.4, 0.5) is 0 Å². The van der Waals surface area contributed by atoms with Gasteiger partial charge in [0, 0.05) is 12.8 Å². The van der Waals surface area contributed by atoms with Gasteiger partial charge in [-0.15, -0.1) is 0 Å². The lowest BCUT2D eigenvalue weighted by atomic mass is 10.1. The van der Waals surface area contributed by atoms with Crippen molar-refractivity contribution in [3.05, 3.63) is 170 Å². The van der Waals surface area contributed by atoms with Crippen molar-refractivity contribution in [2.45, 2.75) is 180 Å². The summed E-state index contributed by atoms with van der Waals surface area (Å²) in [6.07, 6.45) is 79.8.